The maximum atomic E-state index is 12.4. The number of carbonyl (C=O) groups excluding carboxylic acids is 1. The van der Waals surface area contributed by atoms with E-state index < -0.39 is 0 Å². The molecule has 4 rings (SSSR count). The number of carbonyl (C=O) groups is 1. The number of anilines is 1. The number of hydrogen-bond acceptors (Lipinski definition) is 4. The molecule has 7 heteroatoms. The molecular weight excluding hydrogens is 376 g/mol. The summed E-state index contributed by atoms with van der Waals surface area (Å²) in [6.07, 6.45) is 6.47. The fourth-order valence-electron chi connectivity index (χ4n) is 3.51. The molecule has 0 saturated heterocycles. The molecule has 28 heavy (non-hydrogen) atoms. The molecule has 0 unspecified atom stereocenters. The highest BCUT2D eigenvalue weighted by Crippen LogP contribution is 2.24. The van der Waals surface area contributed by atoms with E-state index in [1.807, 2.05) is 42.5 Å². The van der Waals surface area contributed by atoms with Crippen molar-refractivity contribution in [3.8, 4) is 6.01 Å². The van der Waals surface area contributed by atoms with E-state index in [1.54, 1.807) is 0 Å². The first-order chi connectivity index (χ1) is 13.7. The number of halogens is 1. The molecule has 3 aromatic rings. The summed E-state index contributed by atoms with van der Waals surface area (Å²) in [6, 6.07) is 14.2. The van der Waals surface area contributed by atoms with Crippen molar-refractivity contribution in [2.45, 2.75) is 37.8 Å². The summed E-state index contributed by atoms with van der Waals surface area (Å²) in [4.78, 5) is 20.6. The second kappa shape index (κ2) is 8.44. The van der Waals surface area contributed by atoms with Crippen molar-refractivity contribution in [1.82, 2.24) is 15.3 Å². The smallest absolute Gasteiger partial charge is 0.319 e. The van der Waals surface area contributed by atoms with E-state index in [4.69, 9.17) is 16.3 Å². The Labute approximate surface area is 168 Å². The summed E-state index contributed by atoms with van der Waals surface area (Å²) in [5.74, 6) is 0. The van der Waals surface area contributed by atoms with E-state index in [0.29, 0.717) is 11.0 Å². The van der Waals surface area contributed by atoms with Gasteiger partial charge in [0.2, 0.25) is 0 Å². The zero-order valence-corrected chi connectivity index (χ0v) is 16.0. The third kappa shape index (κ3) is 4.51. The number of amides is 2. The number of nitrogens with one attached hydrogen (secondary N) is 2. The molecule has 1 saturated carbocycles. The van der Waals surface area contributed by atoms with Gasteiger partial charge < -0.3 is 15.4 Å². The van der Waals surface area contributed by atoms with Crippen LogP contribution in [-0.2, 0) is 0 Å². The maximum Gasteiger partial charge on any atom is 0.319 e. The number of fused-ring (bicyclic) bond motifs is 1. The van der Waals surface area contributed by atoms with Crippen molar-refractivity contribution in [2.75, 3.05) is 5.32 Å². The van der Waals surface area contributed by atoms with Gasteiger partial charge in [0.25, 0.3) is 0 Å². The molecule has 0 bridgehead atoms. The molecule has 1 fully saturated rings. The minimum absolute atomic E-state index is 0.0559. The van der Waals surface area contributed by atoms with Gasteiger partial charge in [-0.2, -0.15) is 0 Å². The van der Waals surface area contributed by atoms with Crippen molar-refractivity contribution in [1.29, 1.82) is 0 Å². The number of urea groups is 1. The van der Waals surface area contributed by atoms with Crippen molar-refractivity contribution in [3.05, 3.63) is 59.9 Å². The molecule has 0 atom stereocenters. The minimum atomic E-state index is -0.179. The van der Waals surface area contributed by atoms with Crippen LogP contribution in [0.4, 0.5) is 10.5 Å². The third-order valence-electron chi connectivity index (χ3n) is 4.92. The number of benzene rings is 2. The van der Waals surface area contributed by atoms with Crippen LogP contribution in [-0.4, -0.2) is 28.1 Å². The van der Waals surface area contributed by atoms with Crippen LogP contribution >= 0.6 is 11.6 Å². The van der Waals surface area contributed by atoms with Gasteiger partial charge in [-0.3, -0.25) is 0 Å². The van der Waals surface area contributed by atoms with Crippen molar-refractivity contribution < 1.29 is 9.53 Å². The van der Waals surface area contributed by atoms with E-state index >= 15 is 0 Å². The Kier molecular flexibility index (Phi) is 5.58. The van der Waals surface area contributed by atoms with E-state index in [9.17, 15) is 4.79 Å². The van der Waals surface area contributed by atoms with Gasteiger partial charge in [0.15, 0.2) is 0 Å². The van der Waals surface area contributed by atoms with E-state index in [2.05, 4.69) is 20.6 Å². The van der Waals surface area contributed by atoms with Crippen molar-refractivity contribution in [3.63, 3.8) is 0 Å². The summed E-state index contributed by atoms with van der Waals surface area (Å²) in [7, 11) is 0. The fourth-order valence-corrected chi connectivity index (χ4v) is 3.61. The Hall–Kier alpha value is -2.86. The molecule has 1 aliphatic carbocycles. The van der Waals surface area contributed by atoms with Crippen molar-refractivity contribution >= 4 is 34.1 Å². The van der Waals surface area contributed by atoms with Gasteiger partial charge in [0, 0.05) is 11.4 Å². The Morgan fingerprint density at radius 2 is 1.71 bits per heavy atom. The molecule has 1 aromatic heterocycles. The average molecular weight is 397 g/mol. The van der Waals surface area contributed by atoms with Crippen LogP contribution in [0.25, 0.3) is 10.8 Å². The Bertz CT molecular complexity index is 951. The summed E-state index contributed by atoms with van der Waals surface area (Å²) in [5.41, 5.74) is 0.813. The normalized spacial score (nSPS) is 19.2. The van der Waals surface area contributed by atoms with E-state index in [-0.39, 0.29) is 18.2 Å². The predicted molar refractivity (Wildman–Crippen MR) is 110 cm³/mol. The highest BCUT2D eigenvalue weighted by atomic mass is 35.5. The van der Waals surface area contributed by atoms with Crippen LogP contribution in [0.2, 0.25) is 5.02 Å². The van der Waals surface area contributed by atoms with Crippen LogP contribution in [0.1, 0.15) is 25.7 Å². The molecule has 2 N–H and O–H groups in total. The molecule has 6 nitrogen and oxygen atoms in total. The van der Waals surface area contributed by atoms with Gasteiger partial charge in [-0.1, -0.05) is 48.0 Å². The molecule has 1 heterocycles. The third-order valence-corrected chi connectivity index (χ3v) is 5.11. The first-order valence-electron chi connectivity index (χ1n) is 9.37. The van der Waals surface area contributed by atoms with E-state index in [1.165, 1.54) is 12.4 Å². The number of hydrogen-bond donors (Lipinski definition) is 2. The topological polar surface area (TPSA) is 76.1 Å². The molecule has 0 aliphatic heterocycles. The SMILES string of the molecule is O=C(Nc1cccc2ccccc12)NC1CCC(Oc2ncc(Cl)cn2)CC1. The lowest BCUT2D eigenvalue weighted by molar-refractivity contribution is 0.129. The Morgan fingerprint density at radius 1 is 1.00 bits per heavy atom. The van der Waals surface area contributed by atoms with Crippen LogP contribution in [0.3, 0.4) is 0 Å². The first-order valence-corrected chi connectivity index (χ1v) is 9.74. The summed E-state index contributed by atoms with van der Waals surface area (Å²) < 4.78 is 5.80. The van der Waals surface area contributed by atoms with Crippen LogP contribution < -0.4 is 15.4 Å². The zero-order chi connectivity index (χ0) is 19.3. The zero-order valence-electron chi connectivity index (χ0n) is 15.3. The monoisotopic (exact) mass is 396 g/mol. The largest absolute Gasteiger partial charge is 0.460 e. The quantitative estimate of drug-likeness (QED) is 0.664. The molecule has 0 spiro atoms. The number of aromatic nitrogens is 2. The average Bonchev–Trinajstić information content (AvgIpc) is 2.71. The predicted octanol–water partition coefficient (Wildman–Crippen LogP) is 4.79. The summed E-state index contributed by atoms with van der Waals surface area (Å²) >= 11 is 5.79. The lowest BCUT2D eigenvalue weighted by Gasteiger charge is -2.28. The molecular formula is C21H21ClN4O2. The van der Waals surface area contributed by atoms with E-state index in [0.717, 1.165) is 42.1 Å². The standard InChI is InChI=1S/C21H21ClN4O2/c22-15-12-23-21(24-13-15)28-17-10-8-16(9-11-17)25-20(27)26-19-7-3-5-14-4-1-2-6-18(14)19/h1-7,12-13,16-17H,8-11H2,(H2,25,26,27). The number of ether oxygens (including phenoxy) is 1. The molecule has 2 amide bonds. The Morgan fingerprint density at radius 3 is 2.50 bits per heavy atom. The van der Waals surface area contributed by atoms with Gasteiger partial charge in [0.05, 0.1) is 23.1 Å². The lowest BCUT2D eigenvalue weighted by atomic mass is 9.93. The molecule has 2 aromatic carbocycles. The van der Waals surface area contributed by atoms with Gasteiger partial charge in [-0.05, 0) is 37.1 Å². The molecule has 144 valence electrons. The first kappa shape index (κ1) is 18.5. The maximum absolute atomic E-state index is 12.4. The fraction of sp³-hybridized carbons (Fsp3) is 0.286. The number of nitrogens with zero attached hydrogens (tertiary/aromatic N) is 2. The van der Waals surface area contributed by atoms with Gasteiger partial charge in [-0.25, -0.2) is 14.8 Å². The van der Waals surface area contributed by atoms with Crippen LogP contribution in [0.5, 0.6) is 6.01 Å². The van der Waals surface area contributed by atoms with Crippen LogP contribution in [0, 0.1) is 0 Å². The summed E-state index contributed by atoms with van der Waals surface area (Å²) in [6.45, 7) is 0. The van der Waals surface area contributed by atoms with Crippen molar-refractivity contribution in [2.24, 2.45) is 0 Å². The second-order valence-corrected chi connectivity index (χ2v) is 7.34. The van der Waals surface area contributed by atoms with Gasteiger partial charge in [-0.15, -0.1) is 0 Å². The highest BCUT2D eigenvalue weighted by molar-refractivity contribution is 6.30. The minimum Gasteiger partial charge on any atom is -0.460 e. The second-order valence-electron chi connectivity index (χ2n) is 6.90. The number of rotatable bonds is 4. The molecule has 1 aliphatic rings. The van der Waals surface area contributed by atoms with Gasteiger partial charge in [0.1, 0.15) is 6.10 Å². The lowest BCUT2D eigenvalue weighted by Crippen LogP contribution is -2.41. The Balaban J connectivity index is 1.28. The summed E-state index contributed by atoms with van der Waals surface area (Å²) in [5, 5.41) is 8.66. The molecule has 0 radical (unpaired) electrons. The highest BCUT2D eigenvalue weighted by Gasteiger charge is 2.24. The van der Waals surface area contributed by atoms with Gasteiger partial charge >= 0.3 is 12.0 Å². The van der Waals surface area contributed by atoms with Crippen LogP contribution in [0.15, 0.2) is 54.9 Å².